The lowest BCUT2D eigenvalue weighted by molar-refractivity contribution is -0.128. The minimum absolute atomic E-state index is 0.128. The summed E-state index contributed by atoms with van der Waals surface area (Å²) >= 11 is 1.32. The molecule has 3 rings (SSSR count). The standard InChI is InChI=1S/C24H23N5O2S/c1-31-22-12-6-5-11-20(22)29-21(19-9-3-2-4-10-19)17-27-24(29)32-18-23(30)28(15-7-13-25)16-8-14-26/h2-6,9-12,17H,7-8,15-16,18H2,1H3. The molecule has 1 aromatic heterocycles. The number of carbonyl (C=O) groups excluding carboxylic acids is 1. The molecule has 0 fully saturated rings. The minimum Gasteiger partial charge on any atom is -0.495 e. The number of aromatic nitrogens is 2. The maximum atomic E-state index is 12.8. The summed E-state index contributed by atoms with van der Waals surface area (Å²) in [5.74, 6) is 0.717. The number of rotatable bonds is 10. The number of hydrogen-bond acceptors (Lipinski definition) is 6. The van der Waals surface area contributed by atoms with Crippen molar-refractivity contribution in [2.45, 2.75) is 18.0 Å². The zero-order chi connectivity index (χ0) is 22.8. The fourth-order valence-corrected chi connectivity index (χ4v) is 4.13. The van der Waals surface area contributed by atoms with Crippen molar-refractivity contribution in [1.82, 2.24) is 14.5 Å². The zero-order valence-electron chi connectivity index (χ0n) is 17.8. The second-order valence-corrected chi connectivity index (χ2v) is 7.73. The molecular formula is C24H23N5O2S. The zero-order valence-corrected chi connectivity index (χ0v) is 18.6. The molecule has 3 aromatic rings. The number of para-hydroxylation sites is 2. The number of nitriles is 2. The van der Waals surface area contributed by atoms with Gasteiger partial charge in [-0.1, -0.05) is 54.2 Å². The van der Waals surface area contributed by atoms with Gasteiger partial charge in [-0.3, -0.25) is 9.36 Å². The third kappa shape index (κ3) is 5.48. The highest BCUT2D eigenvalue weighted by molar-refractivity contribution is 7.99. The summed E-state index contributed by atoms with van der Waals surface area (Å²) < 4.78 is 7.56. The molecule has 0 bridgehead atoms. The van der Waals surface area contributed by atoms with Crippen molar-refractivity contribution in [1.29, 1.82) is 10.5 Å². The molecule has 162 valence electrons. The summed E-state index contributed by atoms with van der Waals surface area (Å²) in [5, 5.41) is 18.4. The van der Waals surface area contributed by atoms with Crippen LogP contribution in [0.15, 0.2) is 66.0 Å². The van der Waals surface area contributed by atoms with Crippen molar-refractivity contribution in [3.63, 3.8) is 0 Å². The van der Waals surface area contributed by atoms with Gasteiger partial charge in [0.1, 0.15) is 5.75 Å². The Bertz CT molecular complexity index is 1110. The monoisotopic (exact) mass is 445 g/mol. The molecule has 0 atom stereocenters. The number of thioether (sulfide) groups is 1. The largest absolute Gasteiger partial charge is 0.495 e. The van der Waals surface area contributed by atoms with E-state index in [0.29, 0.717) is 24.0 Å². The molecular weight excluding hydrogens is 422 g/mol. The number of amides is 1. The highest BCUT2D eigenvalue weighted by atomic mass is 32.2. The van der Waals surface area contributed by atoms with E-state index in [-0.39, 0.29) is 24.5 Å². The lowest BCUT2D eigenvalue weighted by Crippen LogP contribution is -2.34. The highest BCUT2D eigenvalue weighted by Gasteiger charge is 2.20. The summed E-state index contributed by atoms with van der Waals surface area (Å²) in [7, 11) is 1.62. The van der Waals surface area contributed by atoms with E-state index in [9.17, 15) is 4.79 Å². The second-order valence-electron chi connectivity index (χ2n) is 6.78. The number of nitrogens with zero attached hydrogens (tertiary/aromatic N) is 5. The molecule has 0 radical (unpaired) electrons. The number of benzene rings is 2. The van der Waals surface area contributed by atoms with Crippen molar-refractivity contribution in [3.8, 4) is 34.8 Å². The number of methoxy groups -OCH3 is 1. The molecule has 0 unspecified atom stereocenters. The molecule has 0 aliphatic carbocycles. The van der Waals surface area contributed by atoms with E-state index in [1.165, 1.54) is 11.8 Å². The lowest BCUT2D eigenvalue weighted by atomic mass is 10.1. The molecule has 32 heavy (non-hydrogen) atoms. The fraction of sp³-hybridized carbons (Fsp3) is 0.250. The average Bonchev–Trinajstić information content (AvgIpc) is 3.27. The van der Waals surface area contributed by atoms with Crippen LogP contribution in [0.5, 0.6) is 5.75 Å². The van der Waals surface area contributed by atoms with Gasteiger partial charge in [0, 0.05) is 18.7 Å². The van der Waals surface area contributed by atoms with Gasteiger partial charge in [-0.05, 0) is 12.1 Å². The van der Waals surface area contributed by atoms with Gasteiger partial charge in [0.25, 0.3) is 0 Å². The Morgan fingerprint density at radius 1 is 1.06 bits per heavy atom. The predicted octanol–water partition coefficient (Wildman–Crippen LogP) is 4.30. The fourth-order valence-electron chi connectivity index (χ4n) is 3.25. The predicted molar refractivity (Wildman–Crippen MR) is 123 cm³/mol. The van der Waals surface area contributed by atoms with E-state index in [0.717, 1.165) is 16.9 Å². The van der Waals surface area contributed by atoms with Gasteiger partial charge in [-0.25, -0.2) is 4.98 Å². The first-order valence-electron chi connectivity index (χ1n) is 10.1. The van der Waals surface area contributed by atoms with Gasteiger partial charge in [-0.15, -0.1) is 0 Å². The van der Waals surface area contributed by atoms with E-state index in [2.05, 4.69) is 17.1 Å². The third-order valence-electron chi connectivity index (χ3n) is 4.79. The molecule has 0 saturated heterocycles. The summed E-state index contributed by atoms with van der Waals surface area (Å²) in [6.45, 7) is 0.627. The second kappa shape index (κ2) is 11.6. The third-order valence-corrected chi connectivity index (χ3v) is 5.73. The Balaban J connectivity index is 1.92. The molecule has 0 aliphatic heterocycles. The van der Waals surface area contributed by atoms with Crippen LogP contribution in [0.4, 0.5) is 0 Å². The Kier molecular flexibility index (Phi) is 8.30. The summed E-state index contributed by atoms with van der Waals surface area (Å²) in [6.07, 6.45) is 2.25. The molecule has 7 nitrogen and oxygen atoms in total. The Hall–Kier alpha value is -3.75. The van der Waals surface area contributed by atoms with Crippen LogP contribution in [-0.2, 0) is 4.79 Å². The van der Waals surface area contributed by atoms with E-state index in [4.69, 9.17) is 15.3 Å². The van der Waals surface area contributed by atoms with E-state index < -0.39 is 0 Å². The summed E-state index contributed by atoms with van der Waals surface area (Å²) in [5.41, 5.74) is 2.71. The molecule has 2 aromatic carbocycles. The molecule has 0 aliphatic rings. The molecule has 0 saturated carbocycles. The smallest absolute Gasteiger partial charge is 0.233 e. The first-order valence-corrected chi connectivity index (χ1v) is 11.1. The first kappa shape index (κ1) is 22.9. The van der Waals surface area contributed by atoms with Crippen molar-refractivity contribution in [2.75, 3.05) is 26.0 Å². The van der Waals surface area contributed by atoms with Crippen molar-refractivity contribution in [2.24, 2.45) is 0 Å². The summed E-state index contributed by atoms with van der Waals surface area (Å²) in [4.78, 5) is 19.0. The van der Waals surface area contributed by atoms with Crippen LogP contribution in [0.25, 0.3) is 16.9 Å². The van der Waals surface area contributed by atoms with Crippen molar-refractivity contribution < 1.29 is 9.53 Å². The Morgan fingerprint density at radius 2 is 1.72 bits per heavy atom. The topological polar surface area (TPSA) is 94.9 Å². The SMILES string of the molecule is COc1ccccc1-n1c(-c2ccccc2)cnc1SCC(=O)N(CCC#N)CCC#N. The Morgan fingerprint density at radius 3 is 2.38 bits per heavy atom. The lowest BCUT2D eigenvalue weighted by Gasteiger charge is -2.20. The van der Waals surface area contributed by atoms with Gasteiger partial charge in [0.05, 0.1) is 55.4 Å². The van der Waals surface area contributed by atoms with E-state index in [1.54, 1.807) is 18.2 Å². The molecule has 0 N–H and O–H groups in total. The minimum atomic E-state index is -0.128. The van der Waals surface area contributed by atoms with Crippen LogP contribution in [0.1, 0.15) is 12.8 Å². The quantitative estimate of drug-likeness (QED) is 0.432. The van der Waals surface area contributed by atoms with Crippen LogP contribution >= 0.6 is 11.8 Å². The van der Waals surface area contributed by atoms with Gasteiger partial charge in [-0.2, -0.15) is 10.5 Å². The van der Waals surface area contributed by atoms with Crippen LogP contribution in [-0.4, -0.2) is 46.3 Å². The molecule has 1 amide bonds. The maximum Gasteiger partial charge on any atom is 0.233 e. The maximum absolute atomic E-state index is 12.8. The molecule has 0 spiro atoms. The van der Waals surface area contributed by atoms with Gasteiger partial charge >= 0.3 is 0 Å². The van der Waals surface area contributed by atoms with Crippen molar-refractivity contribution >= 4 is 17.7 Å². The van der Waals surface area contributed by atoms with Gasteiger partial charge in [0.15, 0.2) is 5.16 Å². The van der Waals surface area contributed by atoms with Crippen LogP contribution in [0.3, 0.4) is 0 Å². The van der Waals surface area contributed by atoms with Gasteiger partial charge in [0.2, 0.25) is 5.91 Å². The summed E-state index contributed by atoms with van der Waals surface area (Å²) in [6, 6.07) is 21.7. The number of carbonyl (C=O) groups is 1. The van der Waals surface area contributed by atoms with Crippen LogP contribution < -0.4 is 4.74 Å². The average molecular weight is 446 g/mol. The number of imidazole rings is 1. The molecule has 1 heterocycles. The number of hydrogen-bond donors (Lipinski definition) is 0. The van der Waals surface area contributed by atoms with Gasteiger partial charge < -0.3 is 9.64 Å². The molecule has 8 heteroatoms. The van der Waals surface area contributed by atoms with Crippen LogP contribution in [0.2, 0.25) is 0 Å². The van der Waals surface area contributed by atoms with E-state index >= 15 is 0 Å². The first-order chi connectivity index (χ1) is 15.7. The van der Waals surface area contributed by atoms with Crippen molar-refractivity contribution in [3.05, 3.63) is 60.8 Å². The normalized spacial score (nSPS) is 10.2. The Labute approximate surface area is 191 Å². The number of ether oxygens (including phenoxy) is 1. The van der Waals surface area contributed by atoms with E-state index in [1.807, 2.05) is 59.2 Å². The van der Waals surface area contributed by atoms with Crippen LogP contribution in [0, 0.1) is 22.7 Å². The highest BCUT2D eigenvalue weighted by Crippen LogP contribution is 2.33.